The van der Waals surface area contributed by atoms with E-state index in [0.29, 0.717) is 11.0 Å². The first kappa shape index (κ1) is 21.1. The van der Waals surface area contributed by atoms with Gasteiger partial charge in [0, 0.05) is 21.1 Å². The Morgan fingerprint density at radius 3 is 1.61 bits per heavy atom. The summed E-state index contributed by atoms with van der Waals surface area (Å²) in [5.41, 5.74) is 0. The number of hydrogen-bond donors (Lipinski definition) is 0. The van der Waals surface area contributed by atoms with Crippen LogP contribution in [0.25, 0.3) is 0 Å². The molecule has 3 aromatic carbocycles. The fraction of sp³-hybridized carbons (Fsp3) is 0.208. The van der Waals surface area contributed by atoms with E-state index >= 15 is 0 Å². The van der Waals surface area contributed by atoms with E-state index < -0.39 is 0 Å². The summed E-state index contributed by atoms with van der Waals surface area (Å²) >= 11 is 5.19. The SMILES string of the molecule is O=C(CCCCC(Sc1ccccc1)Sc1ccccc1)Sc1ccccc1. The van der Waals surface area contributed by atoms with Crippen LogP contribution < -0.4 is 0 Å². The Hall–Kier alpha value is -1.62. The van der Waals surface area contributed by atoms with Crippen LogP contribution >= 0.6 is 35.3 Å². The van der Waals surface area contributed by atoms with Crippen LogP contribution in [0.3, 0.4) is 0 Å². The molecule has 144 valence electrons. The van der Waals surface area contributed by atoms with Gasteiger partial charge in [-0.3, -0.25) is 4.79 Å². The number of carbonyl (C=O) groups is 1. The molecule has 0 saturated carbocycles. The lowest BCUT2D eigenvalue weighted by molar-refractivity contribution is -0.111. The minimum atomic E-state index is 0.258. The molecule has 0 unspecified atom stereocenters. The van der Waals surface area contributed by atoms with Crippen molar-refractivity contribution in [3.8, 4) is 0 Å². The van der Waals surface area contributed by atoms with Gasteiger partial charge in [0.1, 0.15) is 0 Å². The highest BCUT2D eigenvalue weighted by Gasteiger charge is 2.13. The van der Waals surface area contributed by atoms with Gasteiger partial charge in [0.15, 0.2) is 5.12 Å². The van der Waals surface area contributed by atoms with Crippen molar-refractivity contribution in [2.45, 2.75) is 45.0 Å². The lowest BCUT2D eigenvalue weighted by Gasteiger charge is -2.16. The minimum Gasteiger partial charge on any atom is -0.287 e. The smallest absolute Gasteiger partial charge is 0.193 e. The van der Waals surface area contributed by atoms with Crippen LogP contribution in [0.5, 0.6) is 0 Å². The molecule has 0 spiro atoms. The highest BCUT2D eigenvalue weighted by atomic mass is 32.2. The van der Waals surface area contributed by atoms with Crippen LogP contribution in [0.15, 0.2) is 106 Å². The van der Waals surface area contributed by atoms with Crippen molar-refractivity contribution in [1.82, 2.24) is 0 Å². The Kier molecular flexibility index (Phi) is 9.08. The highest BCUT2D eigenvalue weighted by Crippen LogP contribution is 2.38. The van der Waals surface area contributed by atoms with Gasteiger partial charge in [-0.05, 0) is 49.2 Å². The molecular formula is C24H24OS3. The molecule has 3 aromatic rings. The third kappa shape index (κ3) is 7.78. The Bertz CT molecular complexity index is 781. The molecule has 0 fully saturated rings. The van der Waals surface area contributed by atoms with Gasteiger partial charge in [-0.2, -0.15) is 0 Å². The molecule has 0 radical (unpaired) electrons. The van der Waals surface area contributed by atoms with Gasteiger partial charge in [-0.25, -0.2) is 0 Å². The quantitative estimate of drug-likeness (QED) is 0.188. The van der Waals surface area contributed by atoms with Gasteiger partial charge < -0.3 is 0 Å². The van der Waals surface area contributed by atoms with E-state index in [1.807, 2.05) is 53.9 Å². The largest absolute Gasteiger partial charge is 0.287 e. The molecule has 0 saturated heterocycles. The summed E-state index contributed by atoms with van der Waals surface area (Å²) in [5, 5.41) is 0.258. The summed E-state index contributed by atoms with van der Waals surface area (Å²) < 4.78 is 0.446. The Morgan fingerprint density at radius 1 is 0.643 bits per heavy atom. The Labute approximate surface area is 180 Å². The van der Waals surface area contributed by atoms with Gasteiger partial charge in [0.2, 0.25) is 0 Å². The van der Waals surface area contributed by atoms with Crippen LogP contribution in [-0.4, -0.2) is 9.70 Å². The number of carbonyl (C=O) groups excluding carboxylic acids is 1. The molecule has 0 aromatic heterocycles. The van der Waals surface area contributed by atoms with Gasteiger partial charge in [0.05, 0.1) is 4.58 Å². The average Bonchev–Trinajstić information content (AvgIpc) is 2.73. The molecular weight excluding hydrogens is 400 g/mol. The first-order valence-corrected chi connectivity index (χ1v) is 12.1. The fourth-order valence-electron chi connectivity index (χ4n) is 2.69. The molecule has 0 heterocycles. The normalized spacial score (nSPS) is 10.9. The highest BCUT2D eigenvalue weighted by molar-refractivity contribution is 8.17. The first-order valence-electron chi connectivity index (χ1n) is 9.49. The monoisotopic (exact) mass is 424 g/mol. The molecule has 0 aliphatic heterocycles. The molecule has 3 rings (SSSR count). The summed E-state index contributed by atoms with van der Waals surface area (Å²) in [7, 11) is 0. The second-order valence-corrected chi connectivity index (χ2v) is 10.3. The summed E-state index contributed by atoms with van der Waals surface area (Å²) in [4.78, 5) is 15.8. The van der Waals surface area contributed by atoms with Crippen molar-refractivity contribution in [3.63, 3.8) is 0 Å². The number of thioether (sulfide) groups is 3. The van der Waals surface area contributed by atoms with Crippen LogP contribution in [0.1, 0.15) is 25.7 Å². The lowest BCUT2D eigenvalue weighted by atomic mass is 10.2. The lowest BCUT2D eigenvalue weighted by Crippen LogP contribution is -1.99. The third-order valence-corrected chi connectivity index (χ3v) is 7.67. The molecule has 0 N–H and O–H groups in total. The Morgan fingerprint density at radius 2 is 1.11 bits per heavy atom. The average molecular weight is 425 g/mol. The maximum Gasteiger partial charge on any atom is 0.193 e. The standard InChI is InChI=1S/C24H24OS3/c25-23(26-20-12-4-1-5-13-20)18-10-11-19-24(27-21-14-6-2-7-15-21)28-22-16-8-3-9-17-22/h1-9,12-17,24H,10-11,18-19H2. The van der Waals surface area contributed by atoms with Crippen molar-refractivity contribution in [2.24, 2.45) is 0 Å². The van der Waals surface area contributed by atoms with E-state index in [9.17, 15) is 4.79 Å². The molecule has 1 nitrogen and oxygen atoms in total. The summed E-state index contributed by atoms with van der Waals surface area (Å²) in [6.45, 7) is 0. The fourth-order valence-corrected chi connectivity index (χ4v) is 6.16. The molecule has 0 aliphatic carbocycles. The van der Waals surface area contributed by atoms with Gasteiger partial charge >= 0.3 is 0 Å². The molecule has 0 aliphatic rings. The molecule has 28 heavy (non-hydrogen) atoms. The van der Waals surface area contributed by atoms with Crippen LogP contribution in [-0.2, 0) is 4.79 Å². The van der Waals surface area contributed by atoms with Crippen molar-refractivity contribution < 1.29 is 4.79 Å². The summed E-state index contributed by atoms with van der Waals surface area (Å²) in [6.07, 6.45) is 3.73. The number of unbranched alkanes of at least 4 members (excludes halogenated alkanes) is 1. The number of rotatable bonds is 10. The van der Waals surface area contributed by atoms with Crippen molar-refractivity contribution in [1.29, 1.82) is 0 Å². The van der Waals surface area contributed by atoms with E-state index in [1.165, 1.54) is 21.6 Å². The maximum absolute atomic E-state index is 12.2. The zero-order valence-corrected chi connectivity index (χ0v) is 18.1. The summed E-state index contributed by atoms with van der Waals surface area (Å²) in [5.74, 6) is 0. The van der Waals surface area contributed by atoms with Crippen molar-refractivity contribution in [2.75, 3.05) is 0 Å². The number of hydrogen-bond acceptors (Lipinski definition) is 4. The van der Waals surface area contributed by atoms with Crippen molar-refractivity contribution in [3.05, 3.63) is 91.0 Å². The number of benzene rings is 3. The molecule has 0 amide bonds. The molecule has 4 heteroatoms. The second-order valence-electron chi connectivity index (χ2n) is 6.32. The second kappa shape index (κ2) is 12.1. The first-order chi connectivity index (χ1) is 13.8. The zero-order valence-electron chi connectivity index (χ0n) is 15.7. The van der Waals surface area contributed by atoms with Crippen LogP contribution in [0.4, 0.5) is 0 Å². The maximum atomic E-state index is 12.2. The van der Waals surface area contributed by atoms with E-state index in [-0.39, 0.29) is 5.12 Å². The van der Waals surface area contributed by atoms with Crippen LogP contribution in [0, 0.1) is 0 Å². The van der Waals surface area contributed by atoms with Gasteiger partial charge in [-0.15, -0.1) is 23.5 Å². The van der Waals surface area contributed by atoms with E-state index in [0.717, 1.165) is 24.2 Å². The van der Waals surface area contributed by atoms with E-state index in [1.54, 1.807) is 0 Å². The minimum absolute atomic E-state index is 0.258. The molecule has 0 atom stereocenters. The van der Waals surface area contributed by atoms with Crippen molar-refractivity contribution >= 4 is 40.4 Å². The van der Waals surface area contributed by atoms with E-state index in [2.05, 4.69) is 60.7 Å². The predicted octanol–water partition coefficient (Wildman–Crippen LogP) is 7.78. The topological polar surface area (TPSA) is 17.1 Å². The predicted molar refractivity (Wildman–Crippen MR) is 124 cm³/mol. The zero-order chi connectivity index (χ0) is 19.4. The van der Waals surface area contributed by atoms with Crippen LogP contribution in [0.2, 0.25) is 0 Å². The third-order valence-electron chi connectivity index (χ3n) is 4.07. The molecule has 0 bridgehead atoms. The Balaban J connectivity index is 1.47. The van der Waals surface area contributed by atoms with E-state index in [4.69, 9.17) is 0 Å². The summed E-state index contributed by atoms with van der Waals surface area (Å²) in [6, 6.07) is 31.1. The van der Waals surface area contributed by atoms with Gasteiger partial charge in [0.25, 0.3) is 0 Å². The van der Waals surface area contributed by atoms with Gasteiger partial charge in [-0.1, -0.05) is 72.8 Å².